The highest BCUT2D eigenvalue weighted by Gasteiger charge is 2.19. The van der Waals surface area contributed by atoms with Crippen LogP contribution < -0.4 is 10.2 Å². The molecule has 0 saturated carbocycles. The fraction of sp³-hybridized carbons (Fsp3) is 0.478. The van der Waals surface area contributed by atoms with Crippen molar-refractivity contribution in [2.24, 2.45) is 0 Å². The minimum absolute atomic E-state index is 0.122. The van der Waals surface area contributed by atoms with Crippen molar-refractivity contribution in [2.75, 3.05) is 42.9 Å². The van der Waals surface area contributed by atoms with E-state index in [0.29, 0.717) is 6.42 Å². The smallest absolute Gasteiger partial charge is 0.224 e. The molecule has 1 fully saturated rings. The predicted octanol–water partition coefficient (Wildman–Crippen LogP) is 3.97. The Morgan fingerprint density at radius 2 is 1.79 bits per heavy atom. The average molecular weight is 381 g/mol. The summed E-state index contributed by atoms with van der Waals surface area (Å²) < 4.78 is 0. The van der Waals surface area contributed by atoms with Crippen LogP contribution in [0, 0.1) is 0 Å². The SMILES string of the molecule is CCCCCC(=O)Nc1ccccc1N1CCN(CCc2ccncc2)CC1. The van der Waals surface area contributed by atoms with Crippen LogP contribution in [0.15, 0.2) is 48.8 Å². The van der Waals surface area contributed by atoms with Gasteiger partial charge < -0.3 is 10.2 Å². The maximum Gasteiger partial charge on any atom is 0.224 e. The van der Waals surface area contributed by atoms with E-state index in [0.717, 1.165) is 69.8 Å². The maximum absolute atomic E-state index is 12.3. The third kappa shape index (κ3) is 6.06. The molecular formula is C23H32N4O. The van der Waals surface area contributed by atoms with Crippen LogP contribution in [0.3, 0.4) is 0 Å². The van der Waals surface area contributed by atoms with E-state index in [1.54, 1.807) is 0 Å². The fourth-order valence-electron chi connectivity index (χ4n) is 3.65. The van der Waals surface area contributed by atoms with Crippen molar-refractivity contribution >= 4 is 17.3 Å². The molecule has 2 heterocycles. The summed E-state index contributed by atoms with van der Waals surface area (Å²) in [4.78, 5) is 21.2. The molecular weight excluding hydrogens is 348 g/mol. The molecule has 1 aliphatic heterocycles. The van der Waals surface area contributed by atoms with Crippen LogP contribution in [-0.2, 0) is 11.2 Å². The van der Waals surface area contributed by atoms with Crippen LogP contribution in [-0.4, -0.2) is 48.5 Å². The maximum atomic E-state index is 12.3. The third-order valence-electron chi connectivity index (χ3n) is 5.36. The molecule has 1 N–H and O–H groups in total. The van der Waals surface area contributed by atoms with Gasteiger partial charge in [0.05, 0.1) is 11.4 Å². The van der Waals surface area contributed by atoms with Gasteiger partial charge in [-0.2, -0.15) is 0 Å². The van der Waals surface area contributed by atoms with Gasteiger partial charge in [-0.25, -0.2) is 0 Å². The number of pyridine rings is 1. The summed E-state index contributed by atoms with van der Waals surface area (Å²) in [6.07, 6.45) is 8.59. The van der Waals surface area contributed by atoms with E-state index in [2.05, 4.69) is 51.3 Å². The Labute approximate surface area is 168 Å². The van der Waals surface area contributed by atoms with E-state index < -0.39 is 0 Å². The number of rotatable bonds is 9. The highest BCUT2D eigenvalue weighted by molar-refractivity contribution is 5.94. The second kappa shape index (κ2) is 10.8. The van der Waals surface area contributed by atoms with Crippen molar-refractivity contribution in [3.63, 3.8) is 0 Å². The van der Waals surface area contributed by atoms with E-state index >= 15 is 0 Å². The number of hydrogen-bond acceptors (Lipinski definition) is 4. The molecule has 1 aromatic carbocycles. The number of aromatic nitrogens is 1. The van der Waals surface area contributed by atoms with Crippen molar-refractivity contribution in [1.29, 1.82) is 0 Å². The molecule has 2 aromatic rings. The van der Waals surface area contributed by atoms with Gasteiger partial charge >= 0.3 is 0 Å². The number of amides is 1. The third-order valence-corrected chi connectivity index (χ3v) is 5.36. The number of nitrogens with zero attached hydrogens (tertiary/aromatic N) is 3. The van der Waals surface area contributed by atoms with Crippen molar-refractivity contribution < 1.29 is 4.79 Å². The largest absolute Gasteiger partial charge is 0.367 e. The minimum atomic E-state index is 0.122. The first-order chi connectivity index (χ1) is 13.8. The first-order valence-corrected chi connectivity index (χ1v) is 10.5. The molecule has 0 radical (unpaired) electrons. The molecule has 1 aliphatic rings. The molecule has 0 unspecified atom stereocenters. The van der Waals surface area contributed by atoms with Crippen LogP contribution in [0.25, 0.3) is 0 Å². The molecule has 1 saturated heterocycles. The van der Waals surface area contributed by atoms with Gasteiger partial charge in [0.25, 0.3) is 0 Å². The van der Waals surface area contributed by atoms with Crippen LogP contribution >= 0.6 is 0 Å². The summed E-state index contributed by atoms with van der Waals surface area (Å²) in [6, 6.07) is 12.4. The molecule has 150 valence electrons. The Bertz CT molecular complexity index is 726. The lowest BCUT2D eigenvalue weighted by Gasteiger charge is -2.37. The second-order valence-corrected chi connectivity index (χ2v) is 7.46. The number of carbonyl (C=O) groups excluding carboxylic acids is 1. The summed E-state index contributed by atoms with van der Waals surface area (Å²) in [5.74, 6) is 0.122. The standard InChI is InChI=1S/C23H32N4O/c1-2-3-4-9-23(28)25-21-7-5-6-8-22(21)27-18-16-26(17-19-27)15-12-20-10-13-24-14-11-20/h5-8,10-11,13-14H,2-4,9,12,15-19H2,1H3,(H,25,28). The quantitative estimate of drug-likeness (QED) is 0.669. The van der Waals surface area contributed by atoms with Crippen molar-refractivity contribution in [3.8, 4) is 0 Å². The lowest BCUT2D eigenvalue weighted by atomic mass is 10.1. The van der Waals surface area contributed by atoms with E-state index in [4.69, 9.17) is 0 Å². The van der Waals surface area contributed by atoms with Crippen LogP contribution in [0.5, 0.6) is 0 Å². The number of unbranched alkanes of at least 4 members (excludes halogenated alkanes) is 2. The molecule has 0 aliphatic carbocycles. The normalized spacial score (nSPS) is 14.8. The van der Waals surface area contributed by atoms with E-state index in [9.17, 15) is 4.79 Å². The number of piperazine rings is 1. The van der Waals surface area contributed by atoms with Gasteiger partial charge in [0.2, 0.25) is 5.91 Å². The van der Waals surface area contributed by atoms with Crippen LogP contribution in [0.1, 0.15) is 38.2 Å². The molecule has 28 heavy (non-hydrogen) atoms. The molecule has 0 atom stereocenters. The van der Waals surface area contributed by atoms with Gasteiger partial charge in [0.1, 0.15) is 0 Å². The Hall–Kier alpha value is -2.40. The average Bonchev–Trinajstić information content (AvgIpc) is 2.74. The zero-order valence-corrected chi connectivity index (χ0v) is 16.9. The van der Waals surface area contributed by atoms with Gasteiger partial charge in [-0.3, -0.25) is 14.7 Å². The summed E-state index contributed by atoms with van der Waals surface area (Å²) in [5, 5.41) is 3.12. The number of benzene rings is 1. The lowest BCUT2D eigenvalue weighted by molar-refractivity contribution is -0.116. The topological polar surface area (TPSA) is 48.5 Å². The lowest BCUT2D eigenvalue weighted by Crippen LogP contribution is -2.47. The number of anilines is 2. The number of para-hydroxylation sites is 2. The summed E-state index contributed by atoms with van der Waals surface area (Å²) in [7, 11) is 0. The minimum Gasteiger partial charge on any atom is -0.367 e. The van der Waals surface area contributed by atoms with E-state index in [-0.39, 0.29) is 5.91 Å². The van der Waals surface area contributed by atoms with E-state index in [1.807, 2.05) is 24.5 Å². The van der Waals surface area contributed by atoms with Gasteiger partial charge in [-0.15, -0.1) is 0 Å². The Morgan fingerprint density at radius 3 is 2.54 bits per heavy atom. The Balaban J connectivity index is 1.50. The van der Waals surface area contributed by atoms with Gasteiger partial charge in [-0.1, -0.05) is 31.9 Å². The van der Waals surface area contributed by atoms with Crippen molar-refractivity contribution in [3.05, 3.63) is 54.4 Å². The monoisotopic (exact) mass is 380 g/mol. The van der Waals surface area contributed by atoms with Gasteiger partial charge in [0.15, 0.2) is 0 Å². The summed E-state index contributed by atoms with van der Waals surface area (Å²) in [6.45, 7) is 7.30. The molecule has 3 rings (SSSR count). The molecule has 5 heteroatoms. The zero-order chi connectivity index (χ0) is 19.6. The first kappa shape index (κ1) is 20.3. The number of carbonyl (C=O) groups is 1. The molecule has 5 nitrogen and oxygen atoms in total. The summed E-state index contributed by atoms with van der Waals surface area (Å²) in [5.41, 5.74) is 3.42. The van der Waals surface area contributed by atoms with Gasteiger partial charge in [0, 0.05) is 51.5 Å². The second-order valence-electron chi connectivity index (χ2n) is 7.46. The summed E-state index contributed by atoms with van der Waals surface area (Å²) >= 11 is 0. The van der Waals surface area contributed by atoms with Crippen molar-refractivity contribution in [1.82, 2.24) is 9.88 Å². The van der Waals surface area contributed by atoms with Gasteiger partial charge in [-0.05, 0) is 42.7 Å². The van der Waals surface area contributed by atoms with E-state index in [1.165, 1.54) is 5.56 Å². The Kier molecular flexibility index (Phi) is 7.85. The molecule has 1 aromatic heterocycles. The fourth-order valence-corrected chi connectivity index (χ4v) is 3.65. The predicted molar refractivity (Wildman–Crippen MR) is 116 cm³/mol. The molecule has 1 amide bonds. The highest BCUT2D eigenvalue weighted by Crippen LogP contribution is 2.27. The molecule has 0 spiro atoms. The van der Waals surface area contributed by atoms with Crippen LogP contribution in [0.4, 0.5) is 11.4 Å². The van der Waals surface area contributed by atoms with Crippen LogP contribution in [0.2, 0.25) is 0 Å². The number of nitrogens with one attached hydrogen (secondary N) is 1. The van der Waals surface area contributed by atoms with Crippen molar-refractivity contribution in [2.45, 2.75) is 39.0 Å². The highest BCUT2D eigenvalue weighted by atomic mass is 16.1. The zero-order valence-electron chi connectivity index (χ0n) is 16.9. The first-order valence-electron chi connectivity index (χ1n) is 10.5. The number of hydrogen-bond donors (Lipinski definition) is 1. The Morgan fingerprint density at radius 1 is 1.04 bits per heavy atom. The molecule has 0 bridgehead atoms.